The van der Waals surface area contributed by atoms with Crippen molar-refractivity contribution < 1.29 is 17.8 Å². The highest BCUT2D eigenvalue weighted by molar-refractivity contribution is 7.86. The average molecular weight is 263 g/mol. The second-order valence-corrected chi connectivity index (χ2v) is 5.15. The molecule has 1 unspecified atom stereocenters. The Kier molecular flexibility index (Phi) is 3.72. The summed E-state index contributed by atoms with van der Waals surface area (Å²) in [7, 11) is -4.11. The number of rotatable bonds is 1. The van der Waals surface area contributed by atoms with Crippen molar-refractivity contribution in [1.29, 1.82) is 0 Å². The van der Waals surface area contributed by atoms with Gasteiger partial charge in [-0.15, -0.1) is 12.4 Å². The lowest BCUT2D eigenvalue weighted by molar-refractivity contribution is 0.0971. The number of halogens is 1. The zero-order chi connectivity index (χ0) is 11.1. The summed E-state index contributed by atoms with van der Waals surface area (Å²) in [5.74, 6) is -0.0644. The van der Waals surface area contributed by atoms with E-state index in [4.69, 9.17) is 4.55 Å². The molecule has 0 spiro atoms. The van der Waals surface area contributed by atoms with Gasteiger partial charge >= 0.3 is 0 Å². The molecule has 0 fully saturated rings. The summed E-state index contributed by atoms with van der Waals surface area (Å²) in [5.41, 5.74) is 0.822. The Morgan fingerprint density at radius 3 is 2.50 bits per heavy atom. The molecule has 1 aliphatic rings. The van der Waals surface area contributed by atoms with Crippen molar-refractivity contribution in [3.8, 4) is 0 Å². The van der Waals surface area contributed by atoms with Crippen molar-refractivity contribution in [1.82, 2.24) is 0 Å². The predicted octanol–water partition coefficient (Wildman–Crippen LogP) is 2.01. The number of benzene rings is 1. The first kappa shape index (κ1) is 13.2. The molecule has 0 bridgehead atoms. The van der Waals surface area contributed by atoms with Crippen molar-refractivity contribution >= 4 is 28.3 Å². The molecule has 1 aromatic carbocycles. The van der Waals surface area contributed by atoms with E-state index in [1.54, 1.807) is 24.3 Å². The summed E-state index contributed by atoms with van der Waals surface area (Å²) in [5, 5.41) is -0.952. The van der Waals surface area contributed by atoms with Gasteiger partial charge in [0.05, 0.1) is 0 Å². The third-order valence-corrected chi connectivity index (χ3v) is 3.81. The molecule has 0 amide bonds. The average Bonchev–Trinajstić information content (AvgIpc) is 2.17. The third-order valence-electron chi connectivity index (χ3n) is 2.60. The molecular weight excluding hydrogens is 252 g/mol. The van der Waals surface area contributed by atoms with E-state index >= 15 is 0 Å². The minimum absolute atomic E-state index is 0. The van der Waals surface area contributed by atoms with Crippen LogP contribution in [-0.4, -0.2) is 18.8 Å². The predicted molar refractivity (Wildman–Crippen MR) is 61.5 cm³/mol. The van der Waals surface area contributed by atoms with Gasteiger partial charge in [0, 0.05) is 12.0 Å². The Morgan fingerprint density at radius 2 is 1.88 bits per heavy atom. The topological polar surface area (TPSA) is 71.4 Å². The molecule has 6 heteroatoms. The molecule has 4 nitrogen and oxygen atoms in total. The minimum Gasteiger partial charge on any atom is -0.294 e. The Labute approximate surface area is 99.8 Å². The van der Waals surface area contributed by atoms with Crippen LogP contribution in [0, 0.1) is 0 Å². The van der Waals surface area contributed by atoms with Gasteiger partial charge in [0.2, 0.25) is 0 Å². The fourth-order valence-electron chi connectivity index (χ4n) is 1.89. The van der Waals surface area contributed by atoms with Gasteiger partial charge in [0.15, 0.2) is 5.78 Å². The Hall–Kier alpha value is -0.910. The maximum Gasteiger partial charge on any atom is 0.272 e. The second-order valence-electron chi connectivity index (χ2n) is 3.55. The zero-order valence-electron chi connectivity index (χ0n) is 8.29. The van der Waals surface area contributed by atoms with Crippen molar-refractivity contribution in [2.75, 3.05) is 0 Å². The van der Waals surface area contributed by atoms with Gasteiger partial charge in [-0.25, -0.2) is 0 Å². The van der Waals surface area contributed by atoms with Crippen LogP contribution < -0.4 is 0 Å². The molecule has 2 rings (SSSR count). The lowest BCUT2D eigenvalue weighted by Crippen LogP contribution is -2.21. The van der Waals surface area contributed by atoms with Gasteiger partial charge in [-0.3, -0.25) is 9.35 Å². The minimum atomic E-state index is -4.11. The van der Waals surface area contributed by atoms with E-state index in [1.165, 1.54) is 0 Å². The van der Waals surface area contributed by atoms with Gasteiger partial charge in [0.1, 0.15) is 5.25 Å². The fraction of sp³-hybridized carbons (Fsp3) is 0.300. The summed E-state index contributed by atoms with van der Waals surface area (Å²) in [6.45, 7) is 0. The van der Waals surface area contributed by atoms with Gasteiger partial charge in [-0.2, -0.15) is 8.42 Å². The Balaban J connectivity index is 0.00000128. The molecule has 1 atom stereocenters. The number of ketones is 1. The van der Waals surface area contributed by atoms with E-state index in [0.717, 1.165) is 0 Å². The molecule has 1 aliphatic carbocycles. The number of carbonyl (C=O) groups is 1. The first-order valence-electron chi connectivity index (χ1n) is 4.58. The van der Waals surface area contributed by atoms with Crippen LogP contribution in [0.4, 0.5) is 0 Å². The van der Waals surface area contributed by atoms with E-state index in [0.29, 0.717) is 11.1 Å². The number of Topliss-reactive ketones (excluding diaryl/α,β-unsaturated/α-hetero) is 1. The van der Waals surface area contributed by atoms with Gasteiger partial charge in [0.25, 0.3) is 10.1 Å². The highest BCUT2D eigenvalue weighted by Gasteiger charge is 2.33. The molecule has 88 valence electrons. The van der Waals surface area contributed by atoms with E-state index in [2.05, 4.69) is 0 Å². The molecule has 0 aliphatic heterocycles. The number of hydrogen-bond donors (Lipinski definition) is 1. The van der Waals surface area contributed by atoms with E-state index in [-0.39, 0.29) is 31.0 Å². The van der Waals surface area contributed by atoms with Crippen molar-refractivity contribution in [3.63, 3.8) is 0 Å². The summed E-state index contributed by atoms with van der Waals surface area (Å²) in [6.07, 6.45) is 0.330. The van der Waals surface area contributed by atoms with E-state index < -0.39 is 15.4 Å². The van der Waals surface area contributed by atoms with Crippen LogP contribution in [0.1, 0.15) is 34.0 Å². The fourth-order valence-corrected chi connectivity index (χ4v) is 2.84. The molecule has 0 aromatic heterocycles. The van der Waals surface area contributed by atoms with Crippen LogP contribution >= 0.6 is 12.4 Å². The van der Waals surface area contributed by atoms with Crippen LogP contribution in [0.3, 0.4) is 0 Å². The van der Waals surface area contributed by atoms with Crippen molar-refractivity contribution in [2.45, 2.75) is 18.1 Å². The SMILES string of the molecule is Cl.O=C1CCC(S(=O)(=O)O)c2ccccc21. The van der Waals surface area contributed by atoms with Crippen LogP contribution in [0.2, 0.25) is 0 Å². The molecule has 0 radical (unpaired) electrons. The number of carbonyl (C=O) groups excluding carboxylic acids is 1. The number of hydrogen-bond acceptors (Lipinski definition) is 3. The summed E-state index contributed by atoms with van der Waals surface area (Å²) in [6, 6.07) is 6.51. The monoisotopic (exact) mass is 262 g/mol. The summed E-state index contributed by atoms with van der Waals surface area (Å²) < 4.78 is 31.2. The highest BCUT2D eigenvalue weighted by atomic mass is 35.5. The van der Waals surface area contributed by atoms with E-state index in [9.17, 15) is 13.2 Å². The van der Waals surface area contributed by atoms with Gasteiger partial charge in [-0.1, -0.05) is 24.3 Å². The molecule has 1 N–H and O–H groups in total. The molecule has 0 saturated heterocycles. The normalized spacial score (nSPS) is 19.8. The lowest BCUT2D eigenvalue weighted by Gasteiger charge is -2.21. The van der Waals surface area contributed by atoms with Crippen molar-refractivity contribution in [3.05, 3.63) is 35.4 Å². The molecular formula is C10H11ClO4S. The number of fused-ring (bicyclic) bond motifs is 1. The second kappa shape index (κ2) is 4.53. The lowest BCUT2D eigenvalue weighted by atomic mass is 9.90. The van der Waals surface area contributed by atoms with Crippen molar-refractivity contribution in [2.24, 2.45) is 0 Å². The van der Waals surface area contributed by atoms with Crippen LogP contribution in [0.15, 0.2) is 24.3 Å². The first-order valence-corrected chi connectivity index (χ1v) is 6.09. The maximum absolute atomic E-state index is 11.5. The standard InChI is InChI=1S/C10H10O4S.ClH/c11-9-5-6-10(15(12,13)14)8-4-2-1-3-7(8)9;/h1-4,10H,5-6H2,(H,12,13,14);1H. The Bertz CT molecular complexity index is 509. The van der Waals surface area contributed by atoms with Crippen LogP contribution in [0.5, 0.6) is 0 Å². The van der Waals surface area contributed by atoms with Gasteiger partial charge in [-0.05, 0) is 12.0 Å². The highest BCUT2D eigenvalue weighted by Crippen LogP contribution is 2.34. The molecule has 0 heterocycles. The maximum atomic E-state index is 11.5. The quantitative estimate of drug-likeness (QED) is 0.786. The van der Waals surface area contributed by atoms with Crippen LogP contribution in [0.25, 0.3) is 0 Å². The van der Waals surface area contributed by atoms with Crippen LogP contribution in [-0.2, 0) is 10.1 Å². The largest absolute Gasteiger partial charge is 0.294 e. The van der Waals surface area contributed by atoms with E-state index in [1.807, 2.05) is 0 Å². The summed E-state index contributed by atoms with van der Waals surface area (Å²) >= 11 is 0. The smallest absolute Gasteiger partial charge is 0.272 e. The zero-order valence-corrected chi connectivity index (χ0v) is 9.92. The molecule has 0 saturated carbocycles. The molecule has 16 heavy (non-hydrogen) atoms. The summed E-state index contributed by atoms with van der Waals surface area (Å²) in [4.78, 5) is 11.5. The first-order chi connectivity index (χ1) is 7.00. The third kappa shape index (κ3) is 2.26. The van der Waals surface area contributed by atoms with Gasteiger partial charge < -0.3 is 0 Å². The molecule has 1 aromatic rings. The Morgan fingerprint density at radius 1 is 1.25 bits per heavy atom.